The van der Waals surface area contributed by atoms with E-state index in [2.05, 4.69) is 38.1 Å². The summed E-state index contributed by atoms with van der Waals surface area (Å²) in [6.07, 6.45) is 10.3. The fourth-order valence-electron chi connectivity index (χ4n) is 2.06. The highest BCUT2D eigenvalue weighted by molar-refractivity contribution is 5.28. The molecule has 0 aliphatic rings. The molecular formula is C17H28O. The first kappa shape index (κ1) is 15.1. The summed E-state index contributed by atoms with van der Waals surface area (Å²) in [5, 5.41) is 0. The molecule has 1 aromatic rings. The zero-order valence-electron chi connectivity index (χ0n) is 12.1. The Bertz CT molecular complexity index is 306. The van der Waals surface area contributed by atoms with E-state index in [0.29, 0.717) is 0 Å². The first-order chi connectivity index (χ1) is 8.86. The topological polar surface area (TPSA) is 9.23 Å². The maximum Gasteiger partial charge on any atom is 0.119 e. The first-order valence-electron chi connectivity index (χ1n) is 7.58. The molecule has 0 fully saturated rings. The van der Waals surface area contributed by atoms with Crippen molar-refractivity contribution < 1.29 is 4.74 Å². The molecule has 1 nitrogen and oxygen atoms in total. The summed E-state index contributed by atoms with van der Waals surface area (Å²) in [7, 11) is 0. The molecule has 0 bridgehead atoms. The predicted octanol–water partition coefficient (Wildman–Crippen LogP) is 5.38. The normalized spacial score (nSPS) is 10.6. The van der Waals surface area contributed by atoms with Crippen molar-refractivity contribution in [2.24, 2.45) is 0 Å². The molecule has 0 N–H and O–H groups in total. The Kier molecular flexibility index (Phi) is 8.37. The summed E-state index contributed by atoms with van der Waals surface area (Å²) < 4.78 is 5.73. The Balaban J connectivity index is 2.26. The van der Waals surface area contributed by atoms with Crippen LogP contribution >= 0.6 is 0 Å². The lowest BCUT2D eigenvalue weighted by molar-refractivity contribution is 0.309. The van der Waals surface area contributed by atoms with E-state index in [1.165, 1.54) is 50.5 Å². The highest BCUT2D eigenvalue weighted by Crippen LogP contribution is 2.16. The minimum absolute atomic E-state index is 0.844. The van der Waals surface area contributed by atoms with Gasteiger partial charge in [-0.3, -0.25) is 0 Å². The van der Waals surface area contributed by atoms with Crippen molar-refractivity contribution in [3.05, 3.63) is 29.8 Å². The maximum absolute atomic E-state index is 5.73. The summed E-state index contributed by atoms with van der Waals surface area (Å²) in [5.41, 5.74) is 1.42. The van der Waals surface area contributed by atoms with Gasteiger partial charge < -0.3 is 4.74 Å². The quantitative estimate of drug-likeness (QED) is 0.505. The van der Waals surface area contributed by atoms with Gasteiger partial charge in [0.1, 0.15) is 5.75 Å². The van der Waals surface area contributed by atoms with Gasteiger partial charge in [0.25, 0.3) is 0 Å². The van der Waals surface area contributed by atoms with E-state index >= 15 is 0 Å². The Morgan fingerprint density at radius 1 is 0.889 bits per heavy atom. The number of rotatable bonds is 10. The fourth-order valence-corrected chi connectivity index (χ4v) is 2.06. The van der Waals surface area contributed by atoms with Gasteiger partial charge in [-0.25, -0.2) is 0 Å². The van der Waals surface area contributed by atoms with Crippen molar-refractivity contribution in [3.63, 3.8) is 0 Å². The minimum Gasteiger partial charge on any atom is -0.494 e. The fraction of sp³-hybridized carbons (Fsp3) is 0.647. The molecule has 1 heteroatoms. The predicted molar refractivity (Wildman–Crippen MR) is 79.3 cm³/mol. The van der Waals surface area contributed by atoms with Gasteiger partial charge >= 0.3 is 0 Å². The molecule has 102 valence electrons. The van der Waals surface area contributed by atoms with Crippen LogP contribution in [0.1, 0.15) is 64.4 Å². The highest BCUT2D eigenvalue weighted by Gasteiger charge is 1.97. The summed E-state index contributed by atoms with van der Waals surface area (Å²) in [6, 6.07) is 8.60. The van der Waals surface area contributed by atoms with Crippen LogP contribution in [0.15, 0.2) is 24.3 Å². The van der Waals surface area contributed by atoms with E-state index in [1.807, 2.05) is 0 Å². The lowest BCUT2D eigenvalue weighted by Gasteiger charge is -2.07. The summed E-state index contributed by atoms with van der Waals surface area (Å²) in [4.78, 5) is 0. The van der Waals surface area contributed by atoms with E-state index in [-0.39, 0.29) is 0 Å². The SMILES string of the molecule is CCCCCCCc1cccc(OCCCC)c1. The first-order valence-corrected chi connectivity index (χ1v) is 7.58. The van der Waals surface area contributed by atoms with Crippen LogP contribution in [0.5, 0.6) is 5.75 Å². The van der Waals surface area contributed by atoms with Crippen molar-refractivity contribution in [2.75, 3.05) is 6.61 Å². The summed E-state index contributed by atoms with van der Waals surface area (Å²) in [5.74, 6) is 1.04. The van der Waals surface area contributed by atoms with Crippen molar-refractivity contribution in [2.45, 2.75) is 65.2 Å². The highest BCUT2D eigenvalue weighted by atomic mass is 16.5. The second-order valence-corrected chi connectivity index (χ2v) is 5.01. The lowest BCUT2D eigenvalue weighted by Crippen LogP contribution is -1.97. The van der Waals surface area contributed by atoms with Crippen molar-refractivity contribution in [1.29, 1.82) is 0 Å². The number of hydrogen-bond donors (Lipinski definition) is 0. The molecule has 0 spiro atoms. The van der Waals surface area contributed by atoms with Crippen LogP contribution in [0.25, 0.3) is 0 Å². The van der Waals surface area contributed by atoms with E-state index in [0.717, 1.165) is 18.8 Å². The molecule has 0 aliphatic heterocycles. The zero-order chi connectivity index (χ0) is 13.1. The number of benzene rings is 1. The molecule has 0 atom stereocenters. The monoisotopic (exact) mass is 248 g/mol. The average Bonchev–Trinajstić information content (AvgIpc) is 2.39. The largest absolute Gasteiger partial charge is 0.494 e. The molecule has 0 amide bonds. The maximum atomic E-state index is 5.73. The molecule has 0 saturated heterocycles. The Labute approximate surface area is 113 Å². The van der Waals surface area contributed by atoms with Gasteiger partial charge in [0, 0.05) is 0 Å². The van der Waals surface area contributed by atoms with Crippen LogP contribution in [0, 0.1) is 0 Å². The lowest BCUT2D eigenvalue weighted by atomic mass is 10.1. The van der Waals surface area contributed by atoms with Gasteiger partial charge in [-0.05, 0) is 37.0 Å². The smallest absolute Gasteiger partial charge is 0.119 e. The summed E-state index contributed by atoms with van der Waals surface area (Å²) >= 11 is 0. The molecule has 18 heavy (non-hydrogen) atoms. The molecule has 0 aliphatic carbocycles. The Morgan fingerprint density at radius 2 is 1.67 bits per heavy atom. The van der Waals surface area contributed by atoms with E-state index in [4.69, 9.17) is 4.74 Å². The van der Waals surface area contributed by atoms with Crippen molar-refractivity contribution in [3.8, 4) is 5.75 Å². The van der Waals surface area contributed by atoms with Crippen LogP contribution in [0.2, 0.25) is 0 Å². The van der Waals surface area contributed by atoms with Crippen molar-refractivity contribution in [1.82, 2.24) is 0 Å². The third-order valence-corrected chi connectivity index (χ3v) is 3.23. The molecule has 1 rings (SSSR count). The molecule has 0 unspecified atom stereocenters. The average molecular weight is 248 g/mol. The van der Waals surface area contributed by atoms with Gasteiger partial charge in [0.2, 0.25) is 0 Å². The number of ether oxygens (including phenoxy) is 1. The number of unbranched alkanes of at least 4 members (excludes halogenated alkanes) is 5. The van der Waals surface area contributed by atoms with E-state index in [1.54, 1.807) is 0 Å². The van der Waals surface area contributed by atoms with Gasteiger partial charge in [0.05, 0.1) is 6.61 Å². The Hall–Kier alpha value is -0.980. The second kappa shape index (κ2) is 9.99. The Morgan fingerprint density at radius 3 is 2.44 bits per heavy atom. The second-order valence-electron chi connectivity index (χ2n) is 5.01. The van der Waals surface area contributed by atoms with E-state index in [9.17, 15) is 0 Å². The molecule has 0 aromatic heterocycles. The molecule has 0 heterocycles. The molecular weight excluding hydrogens is 220 g/mol. The standard InChI is InChI=1S/C17H28O/c1-3-5-7-8-9-11-16-12-10-13-17(15-16)18-14-6-4-2/h10,12-13,15H,3-9,11,14H2,1-2H3. The summed E-state index contributed by atoms with van der Waals surface area (Å²) in [6.45, 7) is 5.30. The van der Waals surface area contributed by atoms with Crippen LogP contribution < -0.4 is 4.74 Å². The molecule has 1 aromatic carbocycles. The number of hydrogen-bond acceptors (Lipinski definition) is 1. The van der Waals surface area contributed by atoms with Crippen LogP contribution in [-0.4, -0.2) is 6.61 Å². The van der Waals surface area contributed by atoms with Gasteiger partial charge in [-0.2, -0.15) is 0 Å². The van der Waals surface area contributed by atoms with E-state index < -0.39 is 0 Å². The zero-order valence-corrected chi connectivity index (χ0v) is 12.1. The van der Waals surface area contributed by atoms with Crippen molar-refractivity contribution >= 4 is 0 Å². The third-order valence-electron chi connectivity index (χ3n) is 3.23. The minimum atomic E-state index is 0.844. The van der Waals surface area contributed by atoms with Crippen LogP contribution in [0.3, 0.4) is 0 Å². The van der Waals surface area contributed by atoms with Gasteiger partial charge in [-0.15, -0.1) is 0 Å². The third kappa shape index (κ3) is 6.68. The number of aryl methyl sites for hydroxylation is 1. The van der Waals surface area contributed by atoms with Crippen LogP contribution in [0.4, 0.5) is 0 Å². The van der Waals surface area contributed by atoms with Gasteiger partial charge in [0.15, 0.2) is 0 Å². The molecule has 0 saturated carbocycles. The molecule has 0 radical (unpaired) electrons. The van der Waals surface area contributed by atoms with Crippen LogP contribution in [-0.2, 0) is 6.42 Å². The van der Waals surface area contributed by atoms with Gasteiger partial charge in [-0.1, -0.05) is 58.1 Å².